The first-order chi connectivity index (χ1) is 11.1. The average molecular weight is 311 g/mol. The van der Waals surface area contributed by atoms with Crippen molar-refractivity contribution in [3.63, 3.8) is 0 Å². The molecule has 3 rings (SSSR count). The lowest BCUT2D eigenvalue weighted by Crippen LogP contribution is -2.39. The van der Waals surface area contributed by atoms with E-state index in [1.807, 2.05) is 41.3 Å². The fraction of sp³-hybridized carbons (Fsp3) is 0.316. The Morgan fingerprint density at radius 1 is 1.09 bits per heavy atom. The van der Waals surface area contributed by atoms with Crippen LogP contribution < -0.4 is 14.4 Å². The third-order valence-electron chi connectivity index (χ3n) is 4.20. The summed E-state index contributed by atoms with van der Waals surface area (Å²) in [5, 5.41) is 0. The molecule has 0 N–H and O–H groups in total. The molecule has 0 bridgehead atoms. The van der Waals surface area contributed by atoms with Crippen LogP contribution in [0.15, 0.2) is 42.5 Å². The van der Waals surface area contributed by atoms with Gasteiger partial charge in [-0.25, -0.2) is 0 Å². The first kappa shape index (κ1) is 15.4. The first-order valence-corrected chi connectivity index (χ1v) is 7.75. The monoisotopic (exact) mass is 311 g/mol. The fourth-order valence-electron chi connectivity index (χ4n) is 3.07. The Kier molecular flexibility index (Phi) is 4.24. The van der Waals surface area contributed by atoms with E-state index < -0.39 is 0 Å². The largest absolute Gasteiger partial charge is 0.497 e. The topological polar surface area (TPSA) is 38.8 Å². The van der Waals surface area contributed by atoms with Crippen LogP contribution in [0.4, 0.5) is 5.69 Å². The van der Waals surface area contributed by atoms with Gasteiger partial charge in [0.2, 0.25) is 0 Å². The summed E-state index contributed by atoms with van der Waals surface area (Å²) in [5.41, 5.74) is 2.76. The Hall–Kier alpha value is -2.49. The maximum Gasteiger partial charge on any atom is 0.258 e. The predicted octanol–water partition coefficient (Wildman–Crippen LogP) is 3.54. The van der Waals surface area contributed by atoms with Crippen LogP contribution in [0.3, 0.4) is 0 Å². The van der Waals surface area contributed by atoms with Crippen LogP contribution in [0.5, 0.6) is 11.5 Å². The second kappa shape index (κ2) is 6.32. The summed E-state index contributed by atoms with van der Waals surface area (Å²) < 4.78 is 10.5. The minimum Gasteiger partial charge on any atom is -0.497 e. The number of nitrogens with zero attached hydrogens (tertiary/aromatic N) is 1. The maximum absolute atomic E-state index is 13.0. The summed E-state index contributed by atoms with van der Waals surface area (Å²) in [7, 11) is 3.27. The lowest BCUT2D eigenvalue weighted by molar-refractivity contribution is 0.0980. The highest BCUT2D eigenvalue weighted by Crippen LogP contribution is 2.33. The van der Waals surface area contributed by atoms with E-state index in [4.69, 9.17) is 9.47 Å². The zero-order valence-corrected chi connectivity index (χ0v) is 13.7. The van der Waals surface area contributed by atoms with Crippen LogP contribution in [-0.2, 0) is 6.42 Å². The quantitative estimate of drug-likeness (QED) is 0.870. The van der Waals surface area contributed by atoms with Gasteiger partial charge in [-0.2, -0.15) is 0 Å². The van der Waals surface area contributed by atoms with Gasteiger partial charge in [0, 0.05) is 17.8 Å². The van der Waals surface area contributed by atoms with Crippen molar-refractivity contribution in [3.05, 3.63) is 53.6 Å². The van der Waals surface area contributed by atoms with Gasteiger partial charge in [0.1, 0.15) is 11.5 Å². The Balaban J connectivity index is 1.98. The maximum atomic E-state index is 13.0. The lowest BCUT2D eigenvalue weighted by atomic mass is 9.93. The Bertz CT molecular complexity index is 726. The molecule has 0 fully saturated rings. The van der Waals surface area contributed by atoms with Gasteiger partial charge in [-0.15, -0.1) is 0 Å². The van der Waals surface area contributed by atoms with Gasteiger partial charge in [0.15, 0.2) is 0 Å². The number of rotatable bonds is 3. The number of hydrogen-bond donors (Lipinski definition) is 0. The van der Waals surface area contributed by atoms with Gasteiger partial charge in [-0.1, -0.05) is 13.0 Å². The van der Waals surface area contributed by atoms with E-state index in [2.05, 4.69) is 6.92 Å². The highest BCUT2D eigenvalue weighted by molar-refractivity contribution is 6.07. The molecule has 0 aliphatic carbocycles. The molecule has 4 heteroatoms. The molecule has 1 atom stereocenters. The third-order valence-corrected chi connectivity index (χ3v) is 4.20. The molecular formula is C19H21NO3. The number of fused-ring (bicyclic) bond motifs is 1. The minimum absolute atomic E-state index is 0.00173. The van der Waals surface area contributed by atoms with Crippen LogP contribution in [0.1, 0.15) is 22.8 Å². The standard InChI is InChI=1S/C19H21NO3/c1-13-9-15-11-17(23-3)7-8-18(15)20(12-13)19(21)14-5-4-6-16(10-14)22-2/h4-8,10-11,13H,9,12H2,1-3H3. The fourth-order valence-corrected chi connectivity index (χ4v) is 3.07. The summed E-state index contributed by atoms with van der Waals surface area (Å²) in [6, 6.07) is 13.2. The average Bonchev–Trinajstić information content (AvgIpc) is 2.59. The highest BCUT2D eigenvalue weighted by Gasteiger charge is 2.27. The first-order valence-electron chi connectivity index (χ1n) is 7.75. The molecule has 0 saturated carbocycles. The molecule has 1 unspecified atom stereocenters. The van der Waals surface area contributed by atoms with Crippen LogP contribution >= 0.6 is 0 Å². The predicted molar refractivity (Wildman–Crippen MR) is 90.5 cm³/mol. The van der Waals surface area contributed by atoms with E-state index >= 15 is 0 Å². The smallest absolute Gasteiger partial charge is 0.258 e. The van der Waals surface area contributed by atoms with Crippen LogP contribution in [-0.4, -0.2) is 26.7 Å². The van der Waals surface area contributed by atoms with Crippen molar-refractivity contribution in [2.45, 2.75) is 13.3 Å². The Labute approximate surface area is 136 Å². The second-order valence-corrected chi connectivity index (χ2v) is 5.95. The number of benzene rings is 2. The zero-order chi connectivity index (χ0) is 16.4. The van der Waals surface area contributed by atoms with Gasteiger partial charge in [0.05, 0.1) is 14.2 Å². The van der Waals surface area contributed by atoms with Crippen LogP contribution in [0, 0.1) is 5.92 Å². The van der Waals surface area contributed by atoms with Crippen molar-refractivity contribution >= 4 is 11.6 Å². The Morgan fingerprint density at radius 3 is 2.57 bits per heavy atom. The molecule has 120 valence electrons. The van der Waals surface area contributed by atoms with Gasteiger partial charge >= 0.3 is 0 Å². The van der Waals surface area contributed by atoms with Crippen molar-refractivity contribution < 1.29 is 14.3 Å². The van der Waals surface area contributed by atoms with Crippen molar-refractivity contribution in [1.29, 1.82) is 0 Å². The molecule has 23 heavy (non-hydrogen) atoms. The Morgan fingerprint density at radius 2 is 1.83 bits per heavy atom. The zero-order valence-electron chi connectivity index (χ0n) is 13.7. The number of carbonyl (C=O) groups is 1. The van der Waals surface area contributed by atoms with E-state index in [0.29, 0.717) is 17.2 Å². The van der Waals surface area contributed by atoms with Crippen molar-refractivity contribution in [3.8, 4) is 11.5 Å². The summed E-state index contributed by atoms with van der Waals surface area (Å²) >= 11 is 0. The molecule has 4 nitrogen and oxygen atoms in total. The molecule has 0 aromatic heterocycles. The molecular weight excluding hydrogens is 290 g/mol. The molecule has 0 radical (unpaired) electrons. The minimum atomic E-state index is 0.00173. The van der Waals surface area contributed by atoms with Gasteiger partial charge < -0.3 is 14.4 Å². The summed E-state index contributed by atoms with van der Waals surface area (Å²) in [6.45, 7) is 2.88. The van der Waals surface area contributed by atoms with E-state index in [1.54, 1.807) is 20.3 Å². The molecule has 1 aliphatic heterocycles. The van der Waals surface area contributed by atoms with E-state index in [-0.39, 0.29) is 5.91 Å². The van der Waals surface area contributed by atoms with Gasteiger partial charge in [-0.3, -0.25) is 4.79 Å². The van der Waals surface area contributed by atoms with Crippen molar-refractivity contribution in [2.75, 3.05) is 25.7 Å². The number of anilines is 1. The number of ether oxygens (including phenoxy) is 2. The van der Waals surface area contributed by atoms with Crippen molar-refractivity contribution in [1.82, 2.24) is 0 Å². The van der Waals surface area contributed by atoms with Gasteiger partial charge in [0.25, 0.3) is 5.91 Å². The summed E-state index contributed by atoms with van der Waals surface area (Å²) in [4.78, 5) is 14.8. The highest BCUT2D eigenvalue weighted by atomic mass is 16.5. The van der Waals surface area contributed by atoms with E-state index in [9.17, 15) is 4.79 Å². The number of carbonyl (C=O) groups excluding carboxylic acids is 1. The summed E-state index contributed by atoms with van der Waals surface area (Å²) in [5.74, 6) is 1.92. The molecule has 1 amide bonds. The third kappa shape index (κ3) is 3.02. The van der Waals surface area contributed by atoms with Crippen LogP contribution in [0.25, 0.3) is 0 Å². The molecule has 2 aromatic rings. The number of methoxy groups -OCH3 is 2. The summed E-state index contributed by atoms with van der Waals surface area (Å²) in [6.07, 6.45) is 0.953. The van der Waals surface area contributed by atoms with Crippen LogP contribution in [0.2, 0.25) is 0 Å². The number of hydrogen-bond acceptors (Lipinski definition) is 3. The second-order valence-electron chi connectivity index (χ2n) is 5.95. The lowest BCUT2D eigenvalue weighted by Gasteiger charge is -2.33. The van der Waals surface area contributed by atoms with Crippen molar-refractivity contribution in [2.24, 2.45) is 5.92 Å². The molecule has 0 saturated heterocycles. The van der Waals surface area contributed by atoms with Gasteiger partial charge in [-0.05, 0) is 54.3 Å². The van der Waals surface area contributed by atoms with E-state index in [0.717, 1.165) is 30.0 Å². The molecule has 1 heterocycles. The van der Waals surface area contributed by atoms with E-state index in [1.165, 1.54) is 0 Å². The number of amides is 1. The molecule has 0 spiro atoms. The molecule has 1 aliphatic rings. The SMILES string of the molecule is COc1cccc(C(=O)N2CC(C)Cc3cc(OC)ccc32)c1. The normalized spacial score (nSPS) is 16.7. The molecule has 2 aromatic carbocycles.